The van der Waals surface area contributed by atoms with Crippen molar-refractivity contribution in [3.63, 3.8) is 0 Å². The summed E-state index contributed by atoms with van der Waals surface area (Å²) in [5.74, 6) is 0. The number of urea groups is 1. The summed E-state index contributed by atoms with van der Waals surface area (Å²) in [5.41, 5.74) is 1.67. The molecule has 2 amide bonds. The van der Waals surface area contributed by atoms with Crippen LogP contribution in [0.15, 0.2) is 24.3 Å². The van der Waals surface area contributed by atoms with Gasteiger partial charge in [0.1, 0.15) is 0 Å². The summed E-state index contributed by atoms with van der Waals surface area (Å²) in [6.45, 7) is 1.44. The van der Waals surface area contributed by atoms with Crippen LogP contribution < -0.4 is 10.6 Å². The van der Waals surface area contributed by atoms with E-state index in [1.807, 2.05) is 26.1 Å². The van der Waals surface area contributed by atoms with E-state index in [1.165, 1.54) is 7.05 Å². The number of anilines is 1. The molecule has 1 rings (SSSR count). The third-order valence-corrected chi connectivity index (χ3v) is 2.85. The number of benzene rings is 1. The molecule has 1 aromatic carbocycles. The Labute approximate surface area is 111 Å². The van der Waals surface area contributed by atoms with E-state index in [9.17, 15) is 13.6 Å². The number of hydrogen-bond acceptors (Lipinski definition) is 2. The lowest BCUT2D eigenvalue weighted by Gasteiger charge is -2.17. The van der Waals surface area contributed by atoms with Gasteiger partial charge in [-0.05, 0) is 31.7 Å². The standard InChI is InChI=1S/C13H19F2N3O/c1-9(16-2)10-4-6-11(7-5-10)17-13(19)18(3)8-12(14)15/h4-7,9,12,16H,8H2,1-3H3,(H,17,19). The van der Waals surface area contributed by atoms with Crippen LogP contribution in [0.1, 0.15) is 18.5 Å². The lowest BCUT2D eigenvalue weighted by atomic mass is 10.1. The average Bonchev–Trinajstić information content (AvgIpc) is 2.37. The van der Waals surface area contributed by atoms with Gasteiger partial charge in [0.05, 0.1) is 6.54 Å². The largest absolute Gasteiger partial charge is 0.322 e. The number of alkyl halides is 2. The van der Waals surface area contributed by atoms with Gasteiger partial charge in [0.25, 0.3) is 6.43 Å². The zero-order valence-electron chi connectivity index (χ0n) is 11.3. The molecule has 0 saturated heterocycles. The van der Waals surface area contributed by atoms with Gasteiger partial charge in [-0.25, -0.2) is 13.6 Å². The molecule has 1 unspecified atom stereocenters. The fourth-order valence-corrected chi connectivity index (χ4v) is 1.53. The molecule has 0 bridgehead atoms. The van der Waals surface area contributed by atoms with E-state index in [0.29, 0.717) is 5.69 Å². The minimum Gasteiger partial charge on any atom is -0.322 e. The summed E-state index contributed by atoms with van der Waals surface area (Å²) >= 11 is 0. The number of amides is 2. The molecule has 0 fully saturated rings. The SMILES string of the molecule is CNC(C)c1ccc(NC(=O)N(C)CC(F)F)cc1. The first-order valence-corrected chi connectivity index (χ1v) is 6.01. The Hall–Kier alpha value is -1.69. The first-order chi connectivity index (χ1) is 8.93. The summed E-state index contributed by atoms with van der Waals surface area (Å²) in [6.07, 6.45) is -2.53. The summed E-state index contributed by atoms with van der Waals surface area (Å²) in [7, 11) is 3.19. The van der Waals surface area contributed by atoms with Crippen molar-refractivity contribution in [3.8, 4) is 0 Å². The quantitative estimate of drug-likeness (QED) is 0.864. The van der Waals surface area contributed by atoms with E-state index >= 15 is 0 Å². The van der Waals surface area contributed by atoms with Crippen LogP contribution in [-0.4, -0.2) is 38.0 Å². The number of halogens is 2. The second-order valence-corrected chi connectivity index (χ2v) is 4.33. The number of carbonyl (C=O) groups is 1. The molecule has 0 saturated carbocycles. The zero-order chi connectivity index (χ0) is 14.4. The molecule has 4 nitrogen and oxygen atoms in total. The van der Waals surface area contributed by atoms with Crippen molar-refractivity contribution in [2.24, 2.45) is 0 Å². The van der Waals surface area contributed by atoms with E-state index in [4.69, 9.17) is 0 Å². The summed E-state index contributed by atoms with van der Waals surface area (Å²) in [5, 5.41) is 5.67. The third-order valence-electron chi connectivity index (χ3n) is 2.85. The summed E-state index contributed by atoms with van der Waals surface area (Å²) in [6, 6.07) is 6.92. The molecule has 0 spiro atoms. The van der Waals surface area contributed by atoms with Crippen LogP contribution in [0.3, 0.4) is 0 Å². The highest BCUT2D eigenvalue weighted by molar-refractivity contribution is 5.89. The molecule has 0 aromatic heterocycles. The fourth-order valence-electron chi connectivity index (χ4n) is 1.53. The van der Waals surface area contributed by atoms with Crippen molar-refractivity contribution < 1.29 is 13.6 Å². The Morgan fingerprint density at radius 1 is 1.32 bits per heavy atom. The second kappa shape index (κ2) is 7.04. The Kier molecular flexibility index (Phi) is 5.69. The Morgan fingerprint density at radius 3 is 2.37 bits per heavy atom. The number of hydrogen-bond donors (Lipinski definition) is 2. The second-order valence-electron chi connectivity index (χ2n) is 4.33. The minimum atomic E-state index is -2.53. The van der Waals surface area contributed by atoms with Crippen LogP contribution in [0.4, 0.5) is 19.3 Å². The number of carbonyl (C=O) groups excluding carboxylic acids is 1. The maximum atomic E-state index is 12.1. The first kappa shape index (κ1) is 15.4. The van der Waals surface area contributed by atoms with E-state index in [-0.39, 0.29) is 6.04 Å². The fraction of sp³-hybridized carbons (Fsp3) is 0.462. The highest BCUT2D eigenvalue weighted by atomic mass is 19.3. The molecule has 1 aromatic rings. The van der Waals surface area contributed by atoms with Crippen molar-refractivity contribution in [2.75, 3.05) is 26.0 Å². The predicted octanol–water partition coefficient (Wildman–Crippen LogP) is 2.70. The van der Waals surface area contributed by atoms with Gasteiger partial charge in [-0.2, -0.15) is 0 Å². The van der Waals surface area contributed by atoms with Gasteiger partial charge in [-0.3, -0.25) is 0 Å². The van der Waals surface area contributed by atoms with Gasteiger partial charge in [-0.1, -0.05) is 12.1 Å². The van der Waals surface area contributed by atoms with Crippen LogP contribution >= 0.6 is 0 Å². The average molecular weight is 271 g/mol. The van der Waals surface area contributed by atoms with Gasteiger partial charge in [0.15, 0.2) is 0 Å². The van der Waals surface area contributed by atoms with Crippen molar-refractivity contribution >= 4 is 11.7 Å². The molecule has 1 atom stereocenters. The molecule has 0 radical (unpaired) electrons. The highest BCUT2D eigenvalue weighted by Crippen LogP contribution is 2.15. The van der Waals surface area contributed by atoms with Crippen LogP contribution in [0.25, 0.3) is 0 Å². The van der Waals surface area contributed by atoms with Crippen molar-refractivity contribution in [1.82, 2.24) is 10.2 Å². The molecular formula is C13H19F2N3O. The van der Waals surface area contributed by atoms with E-state index in [1.54, 1.807) is 12.1 Å². The third kappa shape index (κ3) is 4.82. The van der Waals surface area contributed by atoms with Gasteiger partial charge in [0, 0.05) is 18.8 Å². The molecule has 0 aliphatic rings. The van der Waals surface area contributed by atoms with Crippen LogP contribution in [-0.2, 0) is 0 Å². The molecule has 0 heterocycles. The molecule has 106 valence electrons. The number of nitrogens with one attached hydrogen (secondary N) is 2. The van der Waals surface area contributed by atoms with E-state index in [0.717, 1.165) is 10.5 Å². The molecule has 0 aliphatic heterocycles. The van der Waals surface area contributed by atoms with Crippen molar-refractivity contribution in [2.45, 2.75) is 19.4 Å². The van der Waals surface area contributed by atoms with Crippen LogP contribution in [0.2, 0.25) is 0 Å². The Morgan fingerprint density at radius 2 is 1.89 bits per heavy atom. The first-order valence-electron chi connectivity index (χ1n) is 6.01. The van der Waals surface area contributed by atoms with E-state index < -0.39 is 19.0 Å². The predicted molar refractivity (Wildman–Crippen MR) is 71.6 cm³/mol. The topological polar surface area (TPSA) is 44.4 Å². The summed E-state index contributed by atoms with van der Waals surface area (Å²) < 4.78 is 24.3. The maximum absolute atomic E-state index is 12.1. The zero-order valence-corrected chi connectivity index (χ0v) is 11.3. The van der Waals surface area contributed by atoms with Crippen molar-refractivity contribution in [3.05, 3.63) is 29.8 Å². The van der Waals surface area contributed by atoms with Crippen molar-refractivity contribution in [1.29, 1.82) is 0 Å². The summed E-state index contributed by atoms with van der Waals surface area (Å²) in [4.78, 5) is 12.5. The monoisotopic (exact) mass is 271 g/mol. The van der Waals surface area contributed by atoms with Gasteiger partial charge >= 0.3 is 6.03 Å². The van der Waals surface area contributed by atoms with Crippen LogP contribution in [0, 0.1) is 0 Å². The smallest absolute Gasteiger partial charge is 0.321 e. The number of rotatable bonds is 5. The van der Waals surface area contributed by atoms with Crippen LogP contribution in [0.5, 0.6) is 0 Å². The Balaban J connectivity index is 2.60. The van der Waals surface area contributed by atoms with Gasteiger partial charge in [-0.15, -0.1) is 0 Å². The molecule has 6 heteroatoms. The van der Waals surface area contributed by atoms with E-state index in [2.05, 4.69) is 10.6 Å². The molecule has 0 aliphatic carbocycles. The maximum Gasteiger partial charge on any atom is 0.321 e. The highest BCUT2D eigenvalue weighted by Gasteiger charge is 2.13. The lowest BCUT2D eigenvalue weighted by Crippen LogP contribution is -2.34. The molecule has 19 heavy (non-hydrogen) atoms. The van der Waals surface area contributed by atoms with Gasteiger partial charge in [0.2, 0.25) is 0 Å². The lowest BCUT2D eigenvalue weighted by molar-refractivity contribution is 0.111. The van der Waals surface area contributed by atoms with Gasteiger partial charge < -0.3 is 15.5 Å². The Bertz CT molecular complexity index is 409. The minimum absolute atomic E-state index is 0.214. The molecule has 2 N–H and O–H groups in total. The normalized spacial score (nSPS) is 12.3. The molecular weight excluding hydrogens is 252 g/mol. The number of nitrogens with zero attached hydrogens (tertiary/aromatic N) is 1.